The molecule has 1 aliphatic heterocycles. The first kappa shape index (κ1) is 14.7. The number of amides is 1. The van der Waals surface area contributed by atoms with E-state index < -0.39 is 6.10 Å². The molecule has 0 saturated heterocycles. The Morgan fingerprint density at radius 1 is 1.25 bits per heavy atom. The van der Waals surface area contributed by atoms with Gasteiger partial charge in [-0.3, -0.25) is 9.48 Å². The predicted molar refractivity (Wildman–Crippen MR) is 86.2 cm³/mol. The molecule has 122 valence electrons. The summed E-state index contributed by atoms with van der Waals surface area (Å²) in [5.41, 5.74) is 1.85. The maximum Gasteiger partial charge on any atom is 0.289 e. The van der Waals surface area contributed by atoms with Crippen LogP contribution in [0.4, 0.5) is 0 Å². The molecule has 3 heterocycles. The number of carbonyl (C=O) groups is 1. The number of nitrogens with zero attached hydrogens (tertiary/aromatic N) is 3. The SMILES string of the molecule is O=C(c1ccc(Cn2cccn2)o1)N1Cc2ccccc2C(O)C1. The summed E-state index contributed by atoms with van der Waals surface area (Å²) < 4.78 is 7.39. The third-order valence-electron chi connectivity index (χ3n) is 4.21. The van der Waals surface area contributed by atoms with E-state index in [9.17, 15) is 9.90 Å². The summed E-state index contributed by atoms with van der Waals surface area (Å²) in [6, 6.07) is 12.9. The van der Waals surface area contributed by atoms with Gasteiger partial charge in [-0.05, 0) is 29.3 Å². The Labute approximate surface area is 138 Å². The predicted octanol–water partition coefficient (Wildman–Crippen LogP) is 2.21. The van der Waals surface area contributed by atoms with Crippen LogP contribution in [0.5, 0.6) is 0 Å². The topological polar surface area (TPSA) is 71.5 Å². The van der Waals surface area contributed by atoms with Crippen LogP contribution < -0.4 is 0 Å². The van der Waals surface area contributed by atoms with Gasteiger partial charge in [-0.15, -0.1) is 0 Å². The number of rotatable bonds is 3. The molecule has 1 N–H and O–H groups in total. The van der Waals surface area contributed by atoms with Gasteiger partial charge in [0.2, 0.25) is 0 Å². The molecule has 4 rings (SSSR count). The van der Waals surface area contributed by atoms with Crippen molar-refractivity contribution in [3.8, 4) is 0 Å². The average Bonchev–Trinajstić information content (AvgIpc) is 3.26. The first-order chi connectivity index (χ1) is 11.7. The molecule has 1 unspecified atom stereocenters. The van der Waals surface area contributed by atoms with Crippen molar-refractivity contribution in [3.63, 3.8) is 0 Å². The number of aliphatic hydroxyl groups excluding tert-OH is 1. The Bertz CT molecular complexity index is 854. The van der Waals surface area contributed by atoms with Gasteiger partial charge in [-0.25, -0.2) is 0 Å². The summed E-state index contributed by atoms with van der Waals surface area (Å²) in [5, 5.41) is 14.4. The number of hydrogen-bond donors (Lipinski definition) is 1. The molecule has 2 aromatic heterocycles. The van der Waals surface area contributed by atoms with Crippen LogP contribution in [0.15, 0.2) is 59.3 Å². The van der Waals surface area contributed by atoms with E-state index in [1.54, 1.807) is 27.9 Å². The number of aromatic nitrogens is 2. The van der Waals surface area contributed by atoms with Crippen LogP contribution >= 0.6 is 0 Å². The maximum atomic E-state index is 12.7. The third kappa shape index (κ3) is 2.72. The fourth-order valence-corrected chi connectivity index (χ4v) is 3.02. The van der Waals surface area contributed by atoms with Gasteiger partial charge in [0.15, 0.2) is 5.76 Å². The lowest BCUT2D eigenvalue weighted by Gasteiger charge is -2.31. The molecule has 0 saturated carbocycles. The van der Waals surface area contributed by atoms with Gasteiger partial charge in [0.1, 0.15) is 5.76 Å². The molecule has 1 atom stereocenters. The zero-order valence-electron chi connectivity index (χ0n) is 13.0. The smallest absolute Gasteiger partial charge is 0.289 e. The Balaban J connectivity index is 1.51. The van der Waals surface area contributed by atoms with E-state index in [0.29, 0.717) is 18.8 Å². The fraction of sp³-hybridized carbons (Fsp3) is 0.222. The second-order valence-corrected chi connectivity index (χ2v) is 5.87. The highest BCUT2D eigenvalue weighted by Gasteiger charge is 2.28. The van der Waals surface area contributed by atoms with Crippen molar-refractivity contribution in [2.24, 2.45) is 0 Å². The van der Waals surface area contributed by atoms with Crippen molar-refractivity contribution >= 4 is 5.91 Å². The molecule has 3 aromatic rings. The lowest BCUT2D eigenvalue weighted by atomic mass is 9.97. The van der Waals surface area contributed by atoms with E-state index in [-0.39, 0.29) is 18.2 Å². The molecule has 0 fully saturated rings. The Morgan fingerprint density at radius 3 is 2.96 bits per heavy atom. The van der Waals surface area contributed by atoms with E-state index in [4.69, 9.17) is 4.42 Å². The second kappa shape index (κ2) is 5.98. The summed E-state index contributed by atoms with van der Waals surface area (Å²) in [7, 11) is 0. The second-order valence-electron chi connectivity index (χ2n) is 5.87. The number of β-amino-alcohol motifs (C(OH)–C–C–N with tert-alkyl or cyclic N) is 1. The van der Waals surface area contributed by atoms with Crippen LogP contribution in [0.2, 0.25) is 0 Å². The maximum absolute atomic E-state index is 12.7. The van der Waals surface area contributed by atoms with Crippen LogP contribution in [0, 0.1) is 0 Å². The van der Waals surface area contributed by atoms with Crippen molar-refractivity contribution < 1.29 is 14.3 Å². The van der Waals surface area contributed by atoms with Crippen molar-refractivity contribution in [2.45, 2.75) is 19.2 Å². The minimum Gasteiger partial charge on any atom is -0.454 e. The summed E-state index contributed by atoms with van der Waals surface area (Å²) in [6.07, 6.45) is 2.86. The number of aliphatic hydroxyl groups is 1. The molecule has 1 amide bonds. The number of benzene rings is 1. The quantitative estimate of drug-likeness (QED) is 0.802. The van der Waals surface area contributed by atoms with Crippen molar-refractivity contribution in [1.82, 2.24) is 14.7 Å². The summed E-state index contributed by atoms with van der Waals surface area (Å²) >= 11 is 0. The molecule has 0 spiro atoms. The zero-order valence-corrected chi connectivity index (χ0v) is 13.0. The molecular formula is C18H17N3O3. The van der Waals surface area contributed by atoms with Crippen LogP contribution in [0.1, 0.15) is 33.5 Å². The fourth-order valence-electron chi connectivity index (χ4n) is 3.02. The molecule has 24 heavy (non-hydrogen) atoms. The summed E-state index contributed by atoms with van der Waals surface area (Å²) in [5.74, 6) is 0.735. The van der Waals surface area contributed by atoms with Gasteiger partial charge in [0, 0.05) is 18.9 Å². The Hall–Kier alpha value is -2.86. The molecule has 1 aliphatic rings. The van der Waals surface area contributed by atoms with Gasteiger partial charge < -0.3 is 14.4 Å². The highest BCUT2D eigenvalue weighted by atomic mass is 16.4. The Morgan fingerprint density at radius 2 is 2.12 bits per heavy atom. The first-order valence-electron chi connectivity index (χ1n) is 7.82. The summed E-state index contributed by atoms with van der Waals surface area (Å²) in [4.78, 5) is 14.3. The van der Waals surface area contributed by atoms with Gasteiger partial charge in [-0.2, -0.15) is 5.10 Å². The van der Waals surface area contributed by atoms with Crippen LogP contribution in [0.25, 0.3) is 0 Å². The van der Waals surface area contributed by atoms with Gasteiger partial charge in [0.25, 0.3) is 5.91 Å². The van der Waals surface area contributed by atoms with E-state index in [1.165, 1.54) is 0 Å². The van der Waals surface area contributed by atoms with E-state index in [0.717, 1.165) is 11.1 Å². The first-order valence-corrected chi connectivity index (χ1v) is 7.82. The average molecular weight is 323 g/mol. The van der Waals surface area contributed by atoms with Crippen molar-refractivity contribution in [1.29, 1.82) is 0 Å². The number of hydrogen-bond acceptors (Lipinski definition) is 4. The van der Waals surface area contributed by atoms with E-state index in [1.807, 2.05) is 36.5 Å². The normalized spacial score (nSPS) is 16.9. The number of fused-ring (bicyclic) bond motifs is 1. The van der Waals surface area contributed by atoms with Crippen LogP contribution in [-0.2, 0) is 13.1 Å². The minimum atomic E-state index is -0.669. The highest BCUT2D eigenvalue weighted by Crippen LogP contribution is 2.27. The van der Waals surface area contributed by atoms with Crippen molar-refractivity contribution in [3.05, 3.63) is 77.5 Å². The third-order valence-corrected chi connectivity index (χ3v) is 4.21. The standard InChI is InChI=1S/C18H17N3O3/c22-16-12-20(10-13-4-1-2-5-15(13)16)18(23)17-7-6-14(24-17)11-21-9-3-8-19-21/h1-9,16,22H,10-12H2. The molecule has 6 heteroatoms. The largest absolute Gasteiger partial charge is 0.454 e. The van der Waals surface area contributed by atoms with Gasteiger partial charge in [0.05, 0.1) is 19.2 Å². The van der Waals surface area contributed by atoms with Gasteiger partial charge in [-0.1, -0.05) is 24.3 Å². The van der Waals surface area contributed by atoms with E-state index >= 15 is 0 Å². The summed E-state index contributed by atoms with van der Waals surface area (Å²) in [6.45, 7) is 1.22. The van der Waals surface area contributed by atoms with Crippen LogP contribution in [0.3, 0.4) is 0 Å². The van der Waals surface area contributed by atoms with Crippen molar-refractivity contribution in [2.75, 3.05) is 6.54 Å². The molecule has 0 bridgehead atoms. The minimum absolute atomic E-state index is 0.213. The molecule has 6 nitrogen and oxygen atoms in total. The molecule has 0 aliphatic carbocycles. The lowest BCUT2D eigenvalue weighted by Crippen LogP contribution is -2.38. The molecule has 1 aromatic carbocycles. The number of carbonyl (C=O) groups excluding carboxylic acids is 1. The van der Waals surface area contributed by atoms with E-state index in [2.05, 4.69) is 5.10 Å². The lowest BCUT2D eigenvalue weighted by molar-refractivity contribution is 0.0520. The molecular weight excluding hydrogens is 306 g/mol. The molecule has 0 radical (unpaired) electrons. The monoisotopic (exact) mass is 323 g/mol. The highest BCUT2D eigenvalue weighted by molar-refractivity contribution is 5.91. The van der Waals surface area contributed by atoms with Crippen LogP contribution in [-0.4, -0.2) is 32.2 Å². The Kier molecular flexibility index (Phi) is 3.66. The zero-order chi connectivity index (χ0) is 16.5. The van der Waals surface area contributed by atoms with Gasteiger partial charge >= 0.3 is 0 Å². The number of furan rings is 1.